The summed E-state index contributed by atoms with van der Waals surface area (Å²) in [5.74, 6) is 0. The third-order valence-electron chi connectivity index (χ3n) is 0.707. The van der Waals surface area contributed by atoms with E-state index in [-0.39, 0.29) is 5.48 Å². The maximum absolute atomic E-state index is 2.21. The molecule has 0 amide bonds. The van der Waals surface area contributed by atoms with Gasteiger partial charge in [-0.2, -0.15) is 0 Å². The predicted octanol–water partition coefficient (Wildman–Crippen LogP) is 2.40. The molecule has 0 fully saturated rings. The first kappa shape index (κ1) is 15.7. The van der Waals surface area contributed by atoms with Crippen molar-refractivity contribution < 1.29 is 5.48 Å². The van der Waals surface area contributed by atoms with E-state index in [1.54, 1.807) is 0 Å². The molecule has 0 aliphatic heterocycles. The van der Waals surface area contributed by atoms with E-state index in [0.717, 1.165) is 0 Å². The van der Waals surface area contributed by atoms with Crippen LogP contribution in [0.2, 0.25) is 0 Å². The molecule has 0 aliphatic rings. The lowest BCUT2D eigenvalue weighted by molar-refractivity contribution is 0.772. The quantitative estimate of drug-likeness (QED) is 0.536. The van der Waals surface area contributed by atoms with Crippen molar-refractivity contribution in [1.82, 2.24) is 0 Å². The van der Waals surface area contributed by atoms with E-state index in [2.05, 4.69) is 13.8 Å². The van der Waals surface area contributed by atoms with Gasteiger partial charge in [-0.1, -0.05) is 47.0 Å². The van der Waals surface area contributed by atoms with Crippen molar-refractivity contribution >= 4 is 0 Å². The lowest BCUT2D eigenvalue weighted by Gasteiger charge is -1.79. The highest BCUT2D eigenvalue weighted by molar-refractivity contribution is 4.24. The second kappa shape index (κ2) is 28.2. The maximum Gasteiger partial charge on any atom is -0.0538 e. The van der Waals surface area contributed by atoms with Crippen molar-refractivity contribution in [3.05, 3.63) is 0 Å². The van der Waals surface area contributed by atoms with E-state index >= 15 is 0 Å². The van der Waals surface area contributed by atoms with E-state index < -0.39 is 0 Å². The summed E-state index contributed by atoms with van der Waals surface area (Å²) in [4.78, 5) is 0. The van der Waals surface area contributed by atoms with Gasteiger partial charge in [-0.05, 0) is 0 Å². The zero-order valence-corrected chi connectivity index (χ0v) is 6.62. The molecule has 0 atom stereocenters. The Kier molecular flexibility index (Phi) is 55.3. The Morgan fingerprint density at radius 3 is 1.12 bits per heavy atom. The molecule has 0 heterocycles. The van der Waals surface area contributed by atoms with Gasteiger partial charge in [0.15, 0.2) is 0 Å². The molecule has 0 spiro atoms. The van der Waals surface area contributed by atoms with Gasteiger partial charge in [0.1, 0.15) is 0 Å². The summed E-state index contributed by atoms with van der Waals surface area (Å²) in [5, 5.41) is 0. The molecule has 2 N–H and O–H groups in total. The Morgan fingerprint density at radius 1 is 0.875 bits per heavy atom. The minimum absolute atomic E-state index is 0. The summed E-state index contributed by atoms with van der Waals surface area (Å²) in [7, 11) is 0. The van der Waals surface area contributed by atoms with Gasteiger partial charge >= 0.3 is 0 Å². The average molecular weight is 120 g/mol. The van der Waals surface area contributed by atoms with Crippen molar-refractivity contribution in [3.8, 4) is 0 Å². The van der Waals surface area contributed by atoms with Crippen molar-refractivity contribution in [2.45, 2.75) is 47.0 Å². The standard InChI is InChI=1S/C5H12.C2H6.H2O/c1-3-5-4-2;1-2;/h3-5H2,1-2H3;1-2H3;1H2. The minimum atomic E-state index is 0. The first-order valence-corrected chi connectivity index (χ1v) is 3.41. The van der Waals surface area contributed by atoms with Crippen molar-refractivity contribution in [3.63, 3.8) is 0 Å². The third kappa shape index (κ3) is 38.2. The molecular weight excluding hydrogens is 100 g/mol. The number of rotatable bonds is 2. The molecule has 0 aliphatic carbocycles. The molecule has 0 radical (unpaired) electrons. The van der Waals surface area contributed by atoms with E-state index in [0.29, 0.717) is 0 Å². The Hall–Kier alpha value is -0.0400. The van der Waals surface area contributed by atoms with E-state index in [1.807, 2.05) is 13.8 Å². The van der Waals surface area contributed by atoms with Crippen LogP contribution in [-0.4, -0.2) is 5.48 Å². The molecule has 0 bridgehead atoms. The molecule has 1 nitrogen and oxygen atoms in total. The summed E-state index contributed by atoms with van der Waals surface area (Å²) < 4.78 is 0. The minimum Gasteiger partial charge on any atom is -0.412 e. The van der Waals surface area contributed by atoms with Crippen LogP contribution in [0.25, 0.3) is 0 Å². The molecule has 54 valence electrons. The first-order chi connectivity index (χ1) is 3.41. The van der Waals surface area contributed by atoms with Gasteiger partial charge in [0.2, 0.25) is 0 Å². The SMILES string of the molecule is CC.CCCCC.O. The van der Waals surface area contributed by atoms with Crippen molar-refractivity contribution in [1.29, 1.82) is 0 Å². The van der Waals surface area contributed by atoms with Crippen LogP contribution in [-0.2, 0) is 0 Å². The molecule has 0 aromatic heterocycles. The van der Waals surface area contributed by atoms with Crippen molar-refractivity contribution in [2.24, 2.45) is 0 Å². The highest BCUT2D eigenvalue weighted by atomic mass is 16.0. The predicted molar refractivity (Wildman–Crippen MR) is 40.2 cm³/mol. The highest BCUT2D eigenvalue weighted by Crippen LogP contribution is 1.88. The molecule has 0 rings (SSSR count). The molecule has 1 heteroatoms. The lowest BCUT2D eigenvalue weighted by atomic mass is 10.3. The van der Waals surface area contributed by atoms with Crippen LogP contribution in [0.4, 0.5) is 0 Å². The second-order valence-electron chi connectivity index (χ2n) is 1.35. The van der Waals surface area contributed by atoms with Gasteiger partial charge in [-0.3, -0.25) is 0 Å². The van der Waals surface area contributed by atoms with Gasteiger partial charge in [0.25, 0.3) is 0 Å². The Morgan fingerprint density at radius 2 is 1.12 bits per heavy atom. The molecule has 0 unspecified atom stereocenters. The first-order valence-electron chi connectivity index (χ1n) is 3.41. The maximum atomic E-state index is 2.21. The van der Waals surface area contributed by atoms with Gasteiger partial charge < -0.3 is 5.48 Å². The fraction of sp³-hybridized carbons (Fsp3) is 1.00. The van der Waals surface area contributed by atoms with E-state index in [1.165, 1.54) is 19.3 Å². The molecule has 8 heavy (non-hydrogen) atoms. The molecule has 0 saturated carbocycles. The third-order valence-corrected chi connectivity index (χ3v) is 0.707. The van der Waals surface area contributed by atoms with Crippen LogP contribution >= 0.6 is 0 Å². The molecule has 0 aromatic carbocycles. The Bertz CT molecular complexity index is 11.9. The summed E-state index contributed by atoms with van der Waals surface area (Å²) >= 11 is 0. The highest BCUT2D eigenvalue weighted by Gasteiger charge is 1.68. The average Bonchev–Trinajstić information content (AvgIpc) is 1.75. The monoisotopic (exact) mass is 120 g/mol. The Labute approximate surface area is 53.4 Å². The largest absolute Gasteiger partial charge is 0.412 e. The van der Waals surface area contributed by atoms with Crippen LogP contribution in [0, 0.1) is 0 Å². The summed E-state index contributed by atoms with van der Waals surface area (Å²) in [6.07, 6.45) is 4.08. The normalized spacial score (nSPS) is 6.00. The van der Waals surface area contributed by atoms with Gasteiger partial charge in [0, 0.05) is 0 Å². The summed E-state index contributed by atoms with van der Waals surface area (Å²) in [6, 6.07) is 0. The van der Waals surface area contributed by atoms with E-state index in [9.17, 15) is 0 Å². The second-order valence-corrected chi connectivity index (χ2v) is 1.35. The van der Waals surface area contributed by atoms with E-state index in [4.69, 9.17) is 0 Å². The fourth-order valence-corrected chi connectivity index (χ4v) is 0.354. The Balaban J connectivity index is -0.0000000750. The van der Waals surface area contributed by atoms with Crippen LogP contribution < -0.4 is 0 Å². The van der Waals surface area contributed by atoms with Crippen molar-refractivity contribution in [2.75, 3.05) is 0 Å². The smallest absolute Gasteiger partial charge is 0.0538 e. The van der Waals surface area contributed by atoms with Crippen LogP contribution in [0.1, 0.15) is 47.0 Å². The molecule has 0 saturated heterocycles. The zero-order chi connectivity index (χ0) is 6.12. The molecular formula is C7H20O. The summed E-state index contributed by atoms with van der Waals surface area (Å²) in [6.45, 7) is 8.42. The van der Waals surface area contributed by atoms with Crippen LogP contribution in [0.3, 0.4) is 0 Å². The zero-order valence-electron chi connectivity index (χ0n) is 6.62. The fourth-order valence-electron chi connectivity index (χ4n) is 0.354. The number of unbranched alkanes of at least 4 members (excludes halogenated alkanes) is 2. The topological polar surface area (TPSA) is 31.5 Å². The van der Waals surface area contributed by atoms with Gasteiger partial charge in [0.05, 0.1) is 0 Å². The lowest BCUT2D eigenvalue weighted by Crippen LogP contribution is -1.59. The van der Waals surface area contributed by atoms with Crippen LogP contribution in [0.15, 0.2) is 0 Å². The van der Waals surface area contributed by atoms with Gasteiger partial charge in [-0.15, -0.1) is 0 Å². The number of hydrogen-bond donors (Lipinski definition) is 0. The summed E-state index contributed by atoms with van der Waals surface area (Å²) in [5.41, 5.74) is 0. The van der Waals surface area contributed by atoms with Crippen LogP contribution in [0.5, 0.6) is 0 Å². The molecule has 0 aromatic rings. The number of hydrogen-bond acceptors (Lipinski definition) is 0. The van der Waals surface area contributed by atoms with Gasteiger partial charge in [-0.25, -0.2) is 0 Å².